The van der Waals surface area contributed by atoms with Gasteiger partial charge in [0.15, 0.2) is 0 Å². The first-order chi connectivity index (χ1) is 10.1. The number of hydrogen-bond donors (Lipinski definition) is 1. The summed E-state index contributed by atoms with van der Waals surface area (Å²) in [6.45, 7) is 2.89. The van der Waals surface area contributed by atoms with Crippen LogP contribution < -0.4 is 0 Å². The van der Waals surface area contributed by atoms with Crippen LogP contribution in [0.3, 0.4) is 0 Å². The van der Waals surface area contributed by atoms with Gasteiger partial charge in [-0.1, -0.05) is 24.8 Å². The summed E-state index contributed by atoms with van der Waals surface area (Å²) in [7, 11) is -3.53. The first-order valence-corrected chi connectivity index (χ1v) is 8.33. The number of aliphatic hydroxyl groups is 1. The first kappa shape index (κ1) is 16.0. The summed E-state index contributed by atoms with van der Waals surface area (Å²) >= 11 is 0. The molecule has 0 saturated carbocycles. The van der Waals surface area contributed by atoms with E-state index in [2.05, 4.69) is 11.8 Å². The van der Waals surface area contributed by atoms with E-state index in [4.69, 9.17) is 9.84 Å². The third kappa shape index (κ3) is 3.83. The van der Waals surface area contributed by atoms with Gasteiger partial charge in [-0.3, -0.25) is 0 Å². The van der Waals surface area contributed by atoms with Gasteiger partial charge < -0.3 is 9.84 Å². The molecule has 1 fully saturated rings. The van der Waals surface area contributed by atoms with Crippen LogP contribution in [0.2, 0.25) is 0 Å². The number of nitrogens with zero attached hydrogens (tertiary/aromatic N) is 1. The molecule has 1 N–H and O–H groups in total. The molecule has 2 rings (SSSR count). The van der Waals surface area contributed by atoms with Crippen molar-refractivity contribution in [2.45, 2.75) is 24.3 Å². The molecule has 1 atom stereocenters. The number of benzene rings is 1. The Morgan fingerprint density at radius 1 is 1.48 bits per heavy atom. The van der Waals surface area contributed by atoms with Gasteiger partial charge in [0.25, 0.3) is 0 Å². The molecule has 1 aliphatic heterocycles. The number of ether oxygens (including phenoxy) is 1. The molecular formula is C15H19NO4S. The molecule has 1 unspecified atom stereocenters. The smallest absolute Gasteiger partial charge is 0.243 e. The van der Waals surface area contributed by atoms with Gasteiger partial charge in [0, 0.05) is 18.7 Å². The zero-order valence-electron chi connectivity index (χ0n) is 11.9. The van der Waals surface area contributed by atoms with Crippen LogP contribution in [0.5, 0.6) is 0 Å². The molecule has 0 bridgehead atoms. The molecule has 0 radical (unpaired) electrons. The standard InChI is InChI=1S/C15H19NO4S/c1-2-14-12-16(8-10-20-14)21(18,19)15-7-3-5-13(11-15)6-4-9-17/h3,5,7,11,14,17H,2,8-10,12H2,1H3. The summed E-state index contributed by atoms with van der Waals surface area (Å²) in [6.07, 6.45) is 0.736. The van der Waals surface area contributed by atoms with Gasteiger partial charge in [0.2, 0.25) is 10.0 Å². The van der Waals surface area contributed by atoms with Gasteiger partial charge in [-0.25, -0.2) is 8.42 Å². The topological polar surface area (TPSA) is 66.8 Å². The maximum Gasteiger partial charge on any atom is 0.243 e. The predicted molar refractivity (Wildman–Crippen MR) is 79.2 cm³/mol. The maximum absolute atomic E-state index is 12.6. The molecule has 1 saturated heterocycles. The largest absolute Gasteiger partial charge is 0.384 e. The van der Waals surface area contributed by atoms with Gasteiger partial charge in [0.05, 0.1) is 17.6 Å². The minimum absolute atomic E-state index is 0.0501. The number of hydrogen-bond acceptors (Lipinski definition) is 4. The Labute approximate surface area is 125 Å². The minimum atomic E-state index is -3.53. The number of sulfonamides is 1. The van der Waals surface area contributed by atoms with E-state index in [0.29, 0.717) is 25.3 Å². The van der Waals surface area contributed by atoms with Gasteiger partial charge in [-0.15, -0.1) is 0 Å². The molecule has 114 valence electrons. The third-order valence-corrected chi connectivity index (χ3v) is 5.20. The average molecular weight is 309 g/mol. The van der Waals surface area contributed by atoms with Crippen molar-refractivity contribution in [3.05, 3.63) is 29.8 Å². The Kier molecular flexibility index (Phi) is 5.37. The summed E-state index contributed by atoms with van der Waals surface area (Å²) in [5.41, 5.74) is 0.574. The van der Waals surface area contributed by atoms with E-state index in [1.165, 1.54) is 10.4 Å². The Morgan fingerprint density at radius 3 is 3.00 bits per heavy atom. The number of aliphatic hydroxyl groups excluding tert-OH is 1. The van der Waals surface area contributed by atoms with E-state index in [-0.39, 0.29) is 17.6 Å². The Bertz CT molecular complexity index is 645. The van der Waals surface area contributed by atoms with Crippen LogP contribution in [0.1, 0.15) is 18.9 Å². The SMILES string of the molecule is CCC1CN(S(=O)(=O)c2cccc(C#CCO)c2)CCO1. The second-order valence-corrected chi connectivity index (χ2v) is 6.69. The lowest BCUT2D eigenvalue weighted by atomic mass is 10.2. The monoisotopic (exact) mass is 309 g/mol. The zero-order valence-corrected chi connectivity index (χ0v) is 12.8. The first-order valence-electron chi connectivity index (χ1n) is 6.89. The van der Waals surface area contributed by atoms with Gasteiger partial charge in [-0.05, 0) is 24.6 Å². The molecule has 1 aromatic rings. The highest BCUT2D eigenvalue weighted by atomic mass is 32.2. The molecule has 21 heavy (non-hydrogen) atoms. The lowest BCUT2D eigenvalue weighted by Gasteiger charge is -2.31. The second kappa shape index (κ2) is 7.05. The van der Waals surface area contributed by atoms with Crippen molar-refractivity contribution in [1.82, 2.24) is 4.31 Å². The van der Waals surface area contributed by atoms with Crippen molar-refractivity contribution in [2.75, 3.05) is 26.3 Å². The van der Waals surface area contributed by atoms with E-state index in [1.54, 1.807) is 18.2 Å². The fraction of sp³-hybridized carbons (Fsp3) is 0.467. The van der Waals surface area contributed by atoms with Crippen molar-refractivity contribution in [3.8, 4) is 11.8 Å². The minimum Gasteiger partial charge on any atom is -0.384 e. The Hall–Kier alpha value is -1.39. The van der Waals surface area contributed by atoms with Crippen molar-refractivity contribution in [2.24, 2.45) is 0 Å². The zero-order chi connectivity index (χ0) is 15.3. The number of morpholine rings is 1. The highest BCUT2D eigenvalue weighted by Gasteiger charge is 2.30. The molecule has 1 aliphatic rings. The maximum atomic E-state index is 12.6. The van der Waals surface area contributed by atoms with Crippen molar-refractivity contribution in [3.63, 3.8) is 0 Å². The predicted octanol–water partition coefficient (Wildman–Crippen LogP) is 0.830. The lowest BCUT2D eigenvalue weighted by Crippen LogP contribution is -2.45. The van der Waals surface area contributed by atoms with E-state index in [9.17, 15) is 8.42 Å². The molecule has 0 aromatic heterocycles. The molecular weight excluding hydrogens is 290 g/mol. The van der Waals surface area contributed by atoms with E-state index in [1.807, 2.05) is 6.92 Å². The second-order valence-electron chi connectivity index (χ2n) is 4.75. The lowest BCUT2D eigenvalue weighted by molar-refractivity contribution is -0.00277. The van der Waals surface area contributed by atoms with Crippen molar-refractivity contribution >= 4 is 10.0 Å². The summed E-state index contributed by atoms with van der Waals surface area (Å²) in [5.74, 6) is 5.24. The molecule has 0 spiro atoms. The van der Waals surface area contributed by atoms with Gasteiger partial charge in [-0.2, -0.15) is 4.31 Å². The van der Waals surface area contributed by atoms with Crippen LogP contribution >= 0.6 is 0 Å². The Morgan fingerprint density at radius 2 is 2.29 bits per heavy atom. The van der Waals surface area contributed by atoms with E-state index in [0.717, 1.165) is 6.42 Å². The van der Waals surface area contributed by atoms with Crippen LogP contribution in [-0.2, 0) is 14.8 Å². The fourth-order valence-corrected chi connectivity index (χ4v) is 3.68. The van der Waals surface area contributed by atoms with Crippen LogP contribution in [-0.4, -0.2) is 50.2 Å². The molecule has 0 amide bonds. The summed E-state index contributed by atoms with van der Waals surface area (Å²) in [6, 6.07) is 6.48. The molecule has 1 aromatic carbocycles. The molecule has 1 heterocycles. The average Bonchev–Trinajstić information content (AvgIpc) is 2.53. The van der Waals surface area contributed by atoms with Crippen LogP contribution in [0, 0.1) is 11.8 Å². The molecule has 0 aliphatic carbocycles. The van der Waals surface area contributed by atoms with Crippen molar-refractivity contribution in [1.29, 1.82) is 0 Å². The summed E-state index contributed by atoms with van der Waals surface area (Å²) in [4.78, 5) is 0.226. The van der Waals surface area contributed by atoms with Gasteiger partial charge >= 0.3 is 0 Å². The highest BCUT2D eigenvalue weighted by molar-refractivity contribution is 7.89. The molecule has 6 heteroatoms. The quantitative estimate of drug-likeness (QED) is 0.840. The summed E-state index contributed by atoms with van der Waals surface area (Å²) < 4.78 is 32.3. The number of rotatable bonds is 3. The highest BCUT2D eigenvalue weighted by Crippen LogP contribution is 2.20. The van der Waals surface area contributed by atoms with E-state index < -0.39 is 10.0 Å². The van der Waals surface area contributed by atoms with Gasteiger partial charge in [0.1, 0.15) is 6.61 Å². The fourth-order valence-electron chi connectivity index (χ4n) is 2.18. The van der Waals surface area contributed by atoms with Crippen LogP contribution in [0.4, 0.5) is 0 Å². The molecule has 5 nitrogen and oxygen atoms in total. The van der Waals surface area contributed by atoms with Crippen LogP contribution in [0.25, 0.3) is 0 Å². The normalized spacial score (nSPS) is 19.8. The summed E-state index contributed by atoms with van der Waals surface area (Å²) in [5, 5.41) is 8.70. The van der Waals surface area contributed by atoms with Crippen LogP contribution in [0.15, 0.2) is 29.2 Å². The van der Waals surface area contributed by atoms with E-state index >= 15 is 0 Å². The third-order valence-electron chi connectivity index (χ3n) is 3.34. The Balaban J connectivity index is 2.26. The van der Waals surface area contributed by atoms with Crippen molar-refractivity contribution < 1.29 is 18.3 Å².